The van der Waals surface area contributed by atoms with E-state index >= 15 is 0 Å². The van der Waals surface area contributed by atoms with Crippen LogP contribution in [0.15, 0.2) is 47.6 Å². The molecule has 2 N–H and O–H groups in total. The molecule has 0 saturated carbocycles. The highest BCUT2D eigenvalue weighted by Gasteiger charge is 2.03. The Labute approximate surface area is 139 Å². The highest BCUT2D eigenvalue weighted by atomic mass is 35.5. The Balaban J connectivity index is 1.89. The van der Waals surface area contributed by atoms with Gasteiger partial charge in [-0.3, -0.25) is 4.79 Å². The third kappa shape index (κ3) is 5.30. The second kappa shape index (κ2) is 8.19. The molecule has 120 valence electrons. The number of carbonyl (C=O) groups is 1. The minimum atomic E-state index is -0.257. The molecule has 2 aromatic carbocycles. The normalized spacial score (nSPS) is 10.7. The van der Waals surface area contributed by atoms with Gasteiger partial charge >= 0.3 is 0 Å². The monoisotopic (exact) mass is 332 g/mol. The second-order valence-corrected chi connectivity index (χ2v) is 5.19. The topological polar surface area (TPSA) is 70.9 Å². The number of carbonyl (C=O) groups excluding carboxylic acids is 1. The zero-order valence-corrected chi connectivity index (χ0v) is 13.4. The van der Waals surface area contributed by atoms with Gasteiger partial charge in [0.2, 0.25) is 5.91 Å². The van der Waals surface area contributed by atoms with Crippen LogP contribution in [0.25, 0.3) is 0 Å². The number of rotatable bonds is 6. The quantitative estimate of drug-likeness (QED) is 0.630. The van der Waals surface area contributed by atoms with Crippen molar-refractivity contribution in [2.45, 2.75) is 13.3 Å². The zero-order chi connectivity index (χ0) is 16.7. The summed E-state index contributed by atoms with van der Waals surface area (Å²) in [7, 11) is 0. The molecule has 23 heavy (non-hydrogen) atoms. The summed E-state index contributed by atoms with van der Waals surface area (Å²) in [6.07, 6.45) is 1.54. The molecular weight excluding hydrogens is 316 g/mol. The van der Waals surface area contributed by atoms with E-state index in [0.29, 0.717) is 17.2 Å². The van der Waals surface area contributed by atoms with Gasteiger partial charge in [-0.25, -0.2) is 5.43 Å². The summed E-state index contributed by atoms with van der Waals surface area (Å²) in [5, 5.41) is 13.9. The summed E-state index contributed by atoms with van der Waals surface area (Å²) in [6, 6.07) is 11.9. The summed E-state index contributed by atoms with van der Waals surface area (Å²) < 4.78 is 5.34. The Hall–Kier alpha value is -2.53. The van der Waals surface area contributed by atoms with Crippen molar-refractivity contribution in [1.29, 1.82) is 0 Å². The van der Waals surface area contributed by atoms with Gasteiger partial charge in [0.05, 0.1) is 19.2 Å². The van der Waals surface area contributed by atoms with Gasteiger partial charge in [-0.2, -0.15) is 5.10 Å². The van der Waals surface area contributed by atoms with Crippen LogP contribution in [0.3, 0.4) is 0 Å². The number of aromatic hydroxyl groups is 1. The molecule has 0 fully saturated rings. The van der Waals surface area contributed by atoms with E-state index in [1.165, 1.54) is 12.3 Å². The van der Waals surface area contributed by atoms with Gasteiger partial charge in [-0.15, -0.1) is 0 Å². The molecule has 0 saturated heterocycles. The lowest BCUT2D eigenvalue weighted by molar-refractivity contribution is -0.120. The van der Waals surface area contributed by atoms with E-state index in [2.05, 4.69) is 10.5 Å². The fourth-order valence-electron chi connectivity index (χ4n) is 1.90. The van der Waals surface area contributed by atoms with Crippen molar-refractivity contribution in [2.75, 3.05) is 6.61 Å². The molecule has 2 rings (SSSR count). The average Bonchev–Trinajstić information content (AvgIpc) is 2.53. The Kier molecular flexibility index (Phi) is 6.00. The first-order valence-electron chi connectivity index (χ1n) is 7.10. The van der Waals surface area contributed by atoms with Crippen LogP contribution >= 0.6 is 11.6 Å². The van der Waals surface area contributed by atoms with E-state index in [-0.39, 0.29) is 18.1 Å². The lowest BCUT2D eigenvalue weighted by Crippen LogP contribution is -2.19. The molecular formula is C17H17ClN2O3. The second-order valence-electron chi connectivity index (χ2n) is 4.75. The fraction of sp³-hybridized carbons (Fsp3) is 0.176. The lowest BCUT2D eigenvalue weighted by atomic mass is 10.1. The van der Waals surface area contributed by atoms with Gasteiger partial charge in [-0.05, 0) is 42.8 Å². The summed E-state index contributed by atoms with van der Waals surface area (Å²) in [6.45, 7) is 2.52. The van der Waals surface area contributed by atoms with E-state index in [1.54, 1.807) is 12.1 Å². The van der Waals surface area contributed by atoms with Crippen molar-refractivity contribution in [2.24, 2.45) is 5.10 Å². The van der Waals surface area contributed by atoms with Gasteiger partial charge in [-0.1, -0.05) is 23.7 Å². The molecule has 1 amide bonds. The smallest absolute Gasteiger partial charge is 0.244 e. The number of halogens is 1. The molecule has 0 radical (unpaired) electrons. The molecule has 0 aliphatic rings. The number of phenolic OH excluding ortho intramolecular Hbond substituents is 1. The van der Waals surface area contributed by atoms with E-state index in [9.17, 15) is 9.90 Å². The maximum atomic E-state index is 11.8. The highest BCUT2D eigenvalue weighted by Crippen LogP contribution is 2.19. The van der Waals surface area contributed by atoms with Gasteiger partial charge < -0.3 is 9.84 Å². The number of phenols is 1. The highest BCUT2D eigenvalue weighted by molar-refractivity contribution is 6.30. The van der Waals surface area contributed by atoms with Crippen molar-refractivity contribution >= 4 is 23.7 Å². The number of benzene rings is 2. The van der Waals surface area contributed by atoms with Crippen LogP contribution in [0.5, 0.6) is 11.5 Å². The van der Waals surface area contributed by atoms with E-state index in [4.69, 9.17) is 16.3 Å². The largest absolute Gasteiger partial charge is 0.507 e. The first-order valence-corrected chi connectivity index (χ1v) is 7.48. The number of hydrogen-bond donors (Lipinski definition) is 2. The van der Waals surface area contributed by atoms with Crippen molar-refractivity contribution in [3.63, 3.8) is 0 Å². The predicted molar refractivity (Wildman–Crippen MR) is 90.2 cm³/mol. The SMILES string of the molecule is CCOc1ccc(CC(=O)N/N=C\c2cc(Cl)ccc2O)cc1. The Bertz CT molecular complexity index is 699. The molecule has 2 aromatic rings. The van der Waals surface area contributed by atoms with Crippen LogP contribution in [-0.4, -0.2) is 23.8 Å². The molecule has 6 heteroatoms. The maximum absolute atomic E-state index is 11.8. The molecule has 0 bridgehead atoms. The molecule has 0 aliphatic heterocycles. The number of hydrazone groups is 1. The van der Waals surface area contributed by atoms with Crippen LogP contribution in [0.4, 0.5) is 0 Å². The number of nitrogens with one attached hydrogen (secondary N) is 1. The minimum Gasteiger partial charge on any atom is -0.507 e. The van der Waals surface area contributed by atoms with E-state index in [0.717, 1.165) is 11.3 Å². The molecule has 0 unspecified atom stereocenters. The van der Waals surface area contributed by atoms with Crippen LogP contribution < -0.4 is 10.2 Å². The summed E-state index contributed by atoms with van der Waals surface area (Å²) in [5.74, 6) is 0.553. The fourth-order valence-corrected chi connectivity index (χ4v) is 2.08. The summed E-state index contributed by atoms with van der Waals surface area (Å²) >= 11 is 5.83. The van der Waals surface area contributed by atoms with Crippen LogP contribution in [-0.2, 0) is 11.2 Å². The van der Waals surface area contributed by atoms with Crippen molar-refractivity contribution in [1.82, 2.24) is 5.43 Å². The molecule has 0 heterocycles. The van der Waals surface area contributed by atoms with Gasteiger partial charge in [0.15, 0.2) is 0 Å². The summed E-state index contributed by atoms with van der Waals surface area (Å²) in [5.41, 5.74) is 3.69. The number of nitrogens with zero attached hydrogens (tertiary/aromatic N) is 1. The lowest BCUT2D eigenvalue weighted by Gasteiger charge is -2.04. The maximum Gasteiger partial charge on any atom is 0.244 e. The summed E-state index contributed by atoms with van der Waals surface area (Å²) in [4.78, 5) is 11.8. The van der Waals surface area contributed by atoms with Crippen LogP contribution in [0, 0.1) is 0 Å². The Morgan fingerprint density at radius 3 is 2.74 bits per heavy atom. The van der Waals surface area contributed by atoms with Gasteiger partial charge in [0.25, 0.3) is 0 Å². The molecule has 0 atom stereocenters. The third-order valence-corrected chi connectivity index (χ3v) is 3.22. The number of amides is 1. The van der Waals surface area contributed by atoms with Crippen LogP contribution in [0.2, 0.25) is 5.02 Å². The molecule has 5 nitrogen and oxygen atoms in total. The third-order valence-electron chi connectivity index (χ3n) is 2.98. The van der Waals surface area contributed by atoms with Crippen molar-refractivity contribution in [3.8, 4) is 11.5 Å². The Morgan fingerprint density at radius 2 is 2.04 bits per heavy atom. The molecule has 0 aromatic heterocycles. The van der Waals surface area contributed by atoms with Crippen molar-refractivity contribution < 1.29 is 14.6 Å². The molecule has 0 spiro atoms. The number of ether oxygens (including phenoxy) is 1. The average molecular weight is 333 g/mol. The van der Waals surface area contributed by atoms with Crippen molar-refractivity contribution in [3.05, 3.63) is 58.6 Å². The van der Waals surface area contributed by atoms with E-state index in [1.807, 2.05) is 31.2 Å². The minimum absolute atomic E-state index is 0.0407. The molecule has 0 aliphatic carbocycles. The first-order chi connectivity index (χ1) is 11.1. The zero-order valence-electron chi connectivity index (χ0n) is 12.6. The van der Waals surface area contributed by atoms with Gasteiger partial charge in [0.1, 0.15) is 11.5 Å². The first kappa shape index (κ1) is 16.8. The predicted octanol–water partition coefficient (Wildman–Crippen LogP) is 3.14. The standard InChI is InChI=1S/C17H17ClN2O3/c1-2-23-15-6-3-12(4-7-15)9-17(22)20-19-11-13-10-14(18)5-8-16(13)21/h3-8,10-11,21H,2,9H2,1H3,(H,20,22)/b19-11-. The van der Waals surface area contributed by atoms with E-state index < -0.39 is 0 Å². The Morgan fingerprint density at radius 1 is 1.30 bits per heavy atom. The van der Waals surface area contributed by atoms with Gasteiger partial charge in [0, 0.05) is 10.6 Å². The van der Waals surface area contributed by atoms with Crippen LogP contribution in [0.1, 0.15) is 18.1 Å². The number of hydrogen-bond acceptors (Lipinski definition) is 4.